The summed E-state index contributed by atoms with van der Waals surface area (Å²) in [4.78, 5) is 10.6. The van der Waals surface area contributed by atoms with Crippen molar-refractivity contribution in [3.8, 4) is 17.2 Å². The van der Waals surface area contributed by atoms with Gasteiger partial charge >= 0.3 is 5.97 Å². The van der Waals surface area contributed by atoms with E-state index in [0.717, 1.165) is 12.5 Å². The van der Waals surface area contributed by atoms with Crippen LogP contribution in [0.15, 0.2) is 18.2 Å². The maximum Gasteiger partial charge on any atom is 0.328 e. The van der Waals surface area contributed by atoms with Crippen LogP contribution in [0.25, 0.3) is 6.08 Å². The summed E-state index contributed by atoms with van der Waals surface area (Å²) in [5.74, 6) is 0.801. The van der Waals surface area contributed by atoms with Crippen LogP contribution in [0.1, 0.15) is 25.8 Å². The lowest BCUT2D eigenvalue weighted by Crippen LogP contribution is -2.10. The first-order valence-corrected chi connectivity index (χ1v) is 6.11. The Balaban J connectivity index is 2.34. The summed E-state index contributed by atoms with van der Waals surface area (Å²) >= 11 is 0. The van der Waals surface area contributed by atoms with Gasteiger partial charge in [0, 0.05) is 17.7 Å². The van der Waals surface area contributed by atoms with Crippen LogP contribution in [0.4, 0.5) is 0 Å². The Bertz CT molecular complexity index is 507. The van der Waals surface area contributed by atoms with Crippen LogP contribution in [0.3, 0.4) is 0 Å². The fraction of sp³-hybridized carbons (Fsp3) is 0.357. The van der Waals surface area contributed by atoms with Gasteiger partial charge in [-0.15, -0.1) is 0 Å². The maximum absolute atomic E-state index is 10.6. The molecule has 102 valence electrons. The first-order chi connectivity index (χ1) is 9.10. The van der Waals surface area contributed by atoms with Gasteiger partial charge in [0.25, 0.3) is 0 Å². The van der Waals surface area contributed by atoms with Crippen molar-refractivity contribution in [1.29, 1.82) is 0 Å². The van der Waals surface area contributed by atoms with E-state index in [0.29, 0.717) is 22.8 Å². The molecule has 0 amide bonds. The predicted molar refractivity (Wildman–Crippen MR) is 69.6 cm³/mol. The highest BCUT2D eigenvalue weighted by atomic mass is 16.7. The van der Waals surface area contributed by atoms with Crippen molar-refractivity contribution in [3.05, 3.63) is 23.8 Å². The minimum atomic E-state index is -1.01. The molecule has 1 atom stereocenters. The third kappa shape index (κ3) is 3.19. The number of fused-ring (bicyclic) bond motifs is 1. The number of benzene rings is 1. The third-order valence-corrected chi connectivity index (χ3v) is 2.81. The summed E-state index contributed by atoms with van der Waals surface area (Å²) in [5.41, 5.74) is 0.659. The second-order valence-electron chi connectivity index (χ2n) is 4.25. The van der Waals surface area contributed by atoms with Crippen LogP contribution >= 0.6 is 0 Å². The van der Waals surface area contributed by atoms with Gasteiger partial charge in [-0.05, 0) is 25.5 Å². The number of carbonyl (C=O) groups is 1. The molecular weight excluding hydrogens is 248 g/mol. The normalized spacial score (nSPS) is 14.6. The van der Waals surface area contributed by atoms with E-state index in [9.17, 15) is 4.79 Å². The zero-order valence-electron chi connectivity index (χ0n) is 10.9. The summed E-state index contributed by atoms with van der Waals surface area (Å²) in [6.45, 7) is 4.14. The molecule has 0 aromatic heterocycles. The van der Waals surface area contributed by atoms with Gasteiger partial charge in [0.05, 0.1) is 6.10 Å². The Hall–Kier alpha value is -2.17. The smallest absolute Gasteiger partial charge is 0.328 e. The number of rotatable bonds is 5. The summed E-state index contributed by atoms with van der Waals surface area (Å²) in [7, 11) is 0. The molecule has 1 aliphatic rings. The zero-order valence-corrected chi connectivity index (χ0v) is 10.9. The number of ether oxygens (including phenoxy) is 3. The number of hydrogen-bond donors (Lipinski definition) is 1. The number of hydrogen-bond acceptors (Lipinski definition) is 4. The van der Waals surface area contributed by atoms with Gasteiger partial charge in [0.1, 0.15) is 5.75 Å². The topological polar surface area (TPSA) is 65.0 Å². The van der Waals surface area contributed by atoms with Gasteiger partial charge in [0.15, 0.2) is 11.5 Å². The van der Waals surface area contributed by atoms with Crippen molar-refractivity contribution in [3.63, 3.8) is 0 Å². The Labute approximate surface area is 111 Å². The van der Waals surface area contributed by atoms with Crippen LogP contribution in [0.2, 0.25) is 0 Å². The highest BCUT2D eigenvalue weighted by Crippen LogP contribution is 2.39. The molecule has 0 spiro atoms. The van der Waals surface area contributed by atoms with Crippen LogP contribution in [-0.2, 0) is 4.79 Å². The molecule has 1 aliphatic heterocycles. The summed E-state index contributed by atoms with van der Waals surface area (Å²) in [6.07, 6.45) is 3.46. The Morgan fingerprint density at radius 1 is 1.47 bits per heavy atom. The van der Waals surface area contributed by atoms with E-state index in [1.54, 1.807) is 12.1 Å². The van der Waals surface area contributed by atoms with Gasteiger partial charge in [-0.25, -0.2) is 4.79 Å². The number of carboxylic acid groups (broad SMARTS) is 1. The predicted octanol–water partition coefficient (Wildman–Crippen LogP) is 2.69. The fourth-order valence-corrected chi connectivity index (χ4v) is 1.63. The fourth-order valence-electron chi connectivity index (χ4n) is 1.63. The molecule has 0 fully saturated rings. The average molecular weight is 264 g/mol. The standard InChI is InChI=1S/C14H16O5/c1-3-9(2)19-11-7-13-12(17-8-18-13)6-10(11)4-5-14(15)16/h4-7,9H,3,8H2,1-2H3,(H,15,16). The molecule has 0 aliphatic carbocycles. The van der Waals surface area contributed by atoms with E-state index in [1.165, 1.54) is 6.08 Å². The van der Waals surface area contributed by atoms with Crippen molar-refractivity contribution >= 4 is 12.0 Å². The second-order valence-corrected chi connectivity index (χ2v) is 4.25. The van der Waals surface area contributed by atoms with Crippen LogP contribution in [0, 0.1) is 0 Å². The number of carboxylic acids is 1. The van der Waals surface area contributed by atoms with E-state index in [1.807, 2.05) is 13.8 Å². The molecule has 0 radical (unpaired) electrons. The third-order valence-electron chi connectivity index (χ3n) is 2.81. The molecule has 19 heavy (non-hydrogen) atoms. The van der Waals surface area contributed by atoms with Gasteiger partial charge in [-0.2, -0.15) is 0 Å². The molecule has 1 aromatic carbocycles. The van der Waals surface area contributed by atoms with Gasteiger partial charge in [-0.1, -0.05) is 6.92 Å². The highest BCUT2D eigenvalue weighted by molar-refractivity contribution is 5.86. The van der Waals surface area contributed by atoms with Crippen molar-refractivity contribution in [2.45, 2.75) is 26.4 Å². The molecule has 1 unspecified atom stereocenters. The van der Waals surface area contributed by atoms with Crippen molar-refractivity contribution in [1.82, 2.24) is 0 Å². The Morgan fingerprint density at radius 2 is 2.16 bits per heavy atom. The van der Waals surface area contributed by atoms with Crippen molar-refractivity contribution in [2.24, 2.45) is 0 Å². The first kappa shape index (κ1) is 13.3. The largest absolute Gasteiger partial charge is 0.490 e. The molecular formula is C14H16O5. The van der Waals surface area contributed by atoms with E-state index in [-0.39, 0.29) is 12.9 Å². The van der Waals surface area contributed by atoms with Crippen molar-refractivity contribution in [2.75, 3.05) is 6.79 Å². The molecule has 1 N–H and O–H groups in total. The van der Waals surface area contributed by atoms with Crippen molar-refractivity contribution < 1.29 is 24.1 Å². The molecule has 1 aromatic rings. The molecule has 5 nitrogen and oxygen atoms in total. The number of aliphatic carboxylic acids is 1. The minimum Gasteiger partial charge on any atom is -0.490 e. The van der Waals surface area contributed by atoms with Crippen LogP contribution in [0.5, 0.6) is 17.2 Å². The summed E-state index contributed by atoms with van der Waals surface area (Å²) in [6, 6.07) is 3.45. The zero-order chi connectivity index (χ0) is 13.8. The van der Waals surface area contributed by atoms with Gasteiger partial charge in [0.2, 0.25) is 6.79 Å². The molecule has 0 saturated carbocycles. The summed E-state index contributed by atoms with van der Waals surface area (Å²) in [5, 5.41) is 8.70. The van der Waals surface area contributed by atoms with E-state index in [4.69, 9.17) is 19.3 Å². The molecule has 1 heterocycles. The monoisotopic (exact) mass is 264 g/mol. The Morgan fingerprint density at radius 3 is 2.79 bits per heavy atom. The quantitative estimate of drug-likeness (QED) is 0.828. The molecule has 0 saturated heterocycles. The lowest BCUT2D eigenvalue weighted by molar-refractivity contribution is -0.131. The molecule has 5 heteroatoms. The Kier molecular flexibility index (Phi) is 3.94. The maximum atomic E-state index is 10.6. The highest BCUT2D eigenvalue weighted by Gasteiger charge is 2.18. The molecule has 2 rings (SSSR count). The van der Waals surface area contributed by atoms with Gasteiger partial charge < -0.3 is 19.3 Å². The second kappa shape index (κ2) is 5.65. The first-order valence-electron chi connectivity index (χ1n) is 6.11. The lowest BCUT2D eigenvalue weighted by atomic mass is 10.1. The van der Waals surface area contributed by atoms with Crippen LogP contribution < -0.4 is 14.2 Å². The molecule has 0 bridgehead atoms. The van der Waals surface area contributed by atoms with Gasteiger partial charge in [-0.3, -0.25) is 0 Å². The van der Waals surface area contributed by atoms with E-state index in [2.05, 4.69) is 0 Å². The van der Waals surface area contributed by atoms with E-state index >= 15 is 0 Å². The average Bonchev–Trinajstić information content (AvgIpc) is 2.82. The SMILES string of the molecule is CCC(C)Oc1cc2c(cc1C=CC(=O)O)OCO2. The summed E-state index contributed by atoms with van der Waals surface area (Å²) < 4.78 is 16.3. The minimum absolute atomic E-state index is 0.0392. The van der Waals surface area contributed by atoms with Crippen LogP contribution in [-0.4, -0.2) is 24.0 Å². The van der Waals surface area contributed by atoms with E-state index < -0.39 is 5.97 Å². The lowest BCUT2D eigenvalue weighted by Gasteiger charge is -2.15.